The van der Waals surface area contributed by atoms with Gasteiger partial charge in [0.1, 0.15) is 11.9 Å². The maximum absolute atomic E-state index is 13.8. The zero-order chi connectivity index (χ0) is 26.8. The topological polar surface area (TPSA) is 76.6 Å². The van der Waals surface area contributed by atoms with Crippen molar-refractivity contribution in [2.45, 2.75) is 37.6 Å². The smallest absolute Gasteiger partial charge is 0.321 e. The lowest BCUT2D eigenvalue weighted by Crippen LogP contribution is -2.52. The number of benzene rings is 2. The number of aliphatic carboxylic acids is 1. The molecule has 0 bridgehead atoms. The average molecular weight is 558 g/mol. The van der Waals surface area contributed by atoms with Crippen molar-refractivity contribution in [2.75, 3.05) is 26.2 Å². The van der Waals surface area contributed by atoms with Crippen molar-refractivity contribution in [3.8, 4) is 0 Å². The van der Waals surface area contributed by atoms with Crippen molar-refractivity contribution in [2.24, 2.45) is 5.92 Å². The van der Waals surface area contributed by atoms with E-state index in [0.29, 0.717) is 49.1 Å². The van der Waals surface area contributed by atoms with E-state index in [1.165, 1.54) is 12.1 Å². The molecular formula is C29H30Cl2FN3O3. The third-order valence-corrected chi connectivity index (χ3v) is 8.69. The van der Waals surface area contributed by atoms with Crippen LogP contribution in [0.1, 0.15) is 42.7 Å². The fraction of sp³-hybridized carbons (Fsp3) is 0.379. The Morgan fingerprint density at radius 2 is 1.74 bits per heavy atom. The van der Waals surface area contributed by atoms with Crippen molar-refractivity contribution in [3.63, 3.8) is 0 Å². The second kappa shape index (κ2) is 11.5. The third-order valence-electron chi connectivity index (χ3n) is 7.95. The van der Waals surface area contributed by atoms with Crippen molar-refractivity contribution in [1.29, 1.82) is 0 Å². The molecule has 9 heteroatoms. The molecule has 1 atom stereocenters. The van der Waals surface area contributed by atoms with Crippen LogP contribution in [0.5, 0.6) is 0 Å². The van der Waals surface area contributed by atoms with E-state index in [0.717, 1.165) is 34.9 Å². The molecule has 2 N–H and O–H groups in total. The van der Waals surface area contributed by atoms with E-state index in [1.54, 1.807) is 41.3 Å². The molecule has 2 saturated heterocycles. The summed E-state index contributed by atoms with van der Waals surface area (Å²) < 4.78 is 13.8. The Labute approximate surface area is 231 Å². The normalized spacial score (nSPS) is 18.9. The van der Waals surface area contributed by atoms with Crippen molar-refractivity contribution in [1.82, 2.24) is 14.8 Å². The summed E-state index contributed by atoms with van der Waals surface area (Å²) >= 11 is 12.0. The van der Waals surface area contributed by atoms with Gasteiger partial charge in [0.2, 0.25) is 5.91 Å². The lowest BCUT2D eigenvalue weighted by molar-refractivity contribution is -0.147. The molecule has 0 saturated carbocycles. The van der Waals surface area contributed by atoms with Gasteiger partial charge >= 0.3 is 5.97 Å². The van der Waals surface area contributed by atoms with Gasteiger partial charge in [0, 0.05) is 36.3 Å². The first-order valence-corrected chi connectivity index (χ1v) is 13.7. The summed E-state index contributed by atoms with van der Waals surface area (Å²) in [7, 11) is 0. The standard InChI is InChI=1S/C29H30Cl2FN3O3/c30-24-4-1-18(15-25(24)31)2-6-27(36)34-11-9-20(10-12-34)28(29(37)38)35-13-7-19(8-14-35)23-17-33-26-5-3-21(32)16-22(23)26/h1-6,15-17,19-20,28,33H,7-14H2,(H,37,38)/b6-2+. The minimum atomic E-state index is -0.804. The van der Waals surface area contributed by atoms with Gasteiger partial charge in [-0.2, -0.15) is 0 Å². The number of piperidine rings is 2. The predicted octanol–water partition coefficient (Wildman–Crippen LogP) is 6.20. The van der Waals surface area contributed by atoms with Gasteiger partial charge in [-0.25, -0.2) is 4.39 Å². The van der Waals surface area contributed by atoms with Crippen LogP contribution in [0.3, 0.4) is 0 Å². The molecule has 0 radical (unpaired) electrons. The summed E-state index contributed by atoms with van der Waals surface area (Å²) in [5.41, 5.74) is 2.81. The van der Waals surface area contributed by atoms with Crippen LogP contribution in [-0.4, -0.2) is 64.0 Å². The number of carbonyl (C=O) groups excluding carboxylic acids is 1. The van der Waals surface area contributed by atoms with Crippen LogP contribution in [0.4, 0.5) is 4.39 Å². The van der Waals surface area contributed by atoms with Crippen LogP contribution < -0.4 is 0 Å². The van der Waals surface area contributed by atoms with Crippen LogP contribution in [0, 0.1) is 11.7 Å². The fourth-order valence-electron chi connectivity index (χ4n) is 5.92. The second-order valence-electron chi connectivity index (χ2n) is 10.2. The van der Waals surface area contributed by atoms with Gasteiger partial charge in [0.25, 0.3) is 0 Å². The van der Waals surface area contributed by atoms with E-state index in [1.807, 2.05) is 6.20 Å². The molecule has 1 aromatic heterocycles. The van der Waals surface area contributed by atoms with E-state index in [2.05, 4.69) is 9.88 Å². The molecule has 3 aromatic rings. The number of carbonyl (C=O) groups is 2. The summed E-state index contributed by atoms with van der Waals surface area (Å²) in [5.74, 6) is -0.914. The molecule has 1 amide bonds. The molecule has 2 fully saturated rings. The lowest BCUT2D eigenvalue weighted by Gasteiger charge is -2.41. The molecule has 1 unspecified atom stereocenters. The number of rotatable bonds is 6. The van der Waals surface area contributed by atoms with Gasteiger partial charge in [0.15, 0.2) is 0 Å². The van der Waals surface area contributed by atoms with Crippen molar-refractivity contribution < 1.29 is 19.1 Å². The van der Waals surface area contributed by atoms with E-state index in [9.17, 15) is 19.1 Å². The number of nitrogens with zero attached hydrogens (tertiary/aromatic N) is 2. The first-order valence-electron chi connectivity index (χ1n) is 13.0. The maximum atomic E-state index is 13.8. The highest BCUT2D eigenvalue weighted by Crippen LogP contribution is 2.36. The zero-order valence-corrected chi connectivity index (χ0v) is 22.4. The van der Waals surface area contributed by atoms with Crippen LogP contribution in [0.25, 0.3) is 17.0 Å². The number of nitrogens with one attached hydrogen (secondary N) is 1. The fourth-order valence-corrected chi connectivity index (χ4v) is 6.23. The molecule has 2 aromatic carbocycles. The van der Waals surface area contributed by atoms with Gasteiger partial charge in [-0.3, -0.25) is 14.5 Å². The first kappa shape index (κ1) is 26.7. The van der Waals surface area contributed by atoms with Crippen LogP contribution in [-0.2, 0) is 9.59 Å². The molecule has 2 aliphatic heterocycles. The minimum absolute atomic E-state index is 0.0191. The number of aromatic nitrogens is 1. The van der Waals surface area contributed by atoms with Crippen LogP contribution in [0.15, 0.2) is 48.7 Å². The van der Waals surface area contributed by atoms with Gasteiger partial charge in [-0.05, 0) is 98.1 Å². The third kappa shape index (κ3) is 5.75. The number of hydrogen-bond donors (Lipinski definition) is 2. The molecule has 200 valence electrons. The molecular weight excluding hydrogens is 528 g/mol. The Morgan fingerprint density at radius 1 is 1.00 bits per heavy atom. The zero-order valence-electron chi connectivity index (χ0n) is 20.9. The number of likely N-dealkylation sites (tertiary alicyclic amines) is 2. The molecule has 38 heavy (non-hydrogen) atoms. The predicted molar refractivity (Wildman–Crippen MR) is 148 cm³/mol. The minimum Gasteiger partial charge on any atom is -0.480 e. The Hall–Kier alpha value is -2.87. The highest BCUT2D eigenvalue weighted by molar-refractivity contribution is 6.42. The summed E-state index contributed by atoms with van der Waals surface area (Å²) in [6, 6.07) is 9.40. The van der Waals surface area contributed by atoms with Crippen molar-refractivity contribution in [3.05, 3.63) is 75.7 Å². The summed E-state index contributed by atoms with van der Waals surface area (Å²) in [4.78, 5) is 32.2. The molecule has 5 rings (SSSR count). The number of H-pyrrole nitrogens is 1. The summed E-state index contributed by atoms with van der Waals surface area (Å²) in [5, 5.41) is 11.9. The first-order chi connectivity index (χ1) is 18.3. The SMILES string of the molecule is O=C(O)C(C1CCN(C(=O)/C=C/c2ccc(Cl)c(Cl)c2)CC1)N1CCC(c2c[nH]c3ccc(F)cc23)CC1. The number of amides is 1. The van der Waals surface area contributed by atoms with Crippen LogP contribution >= 0.6 is 23.2 Å². The van der Waals surface area contributed by atoms with E-state index < -0.39 is 12.0 Å². The number of halogens is 3. The Morgan fingerprint density at radius 3 is 2.42 bits per heavy atom. The highest BCUT2D eigenvalue weighted by atomic mass is 35.5. The summed E-state index contributed by atoms with van der Waals surface area (Å²) in [6.07, 6.45) is 8.13. The van der Waals surface area contributed by atoms with E-state index in [-0.39, 0.29) is 23.6 Å². The molecule has 0 spiro atoms. The maximum Gasteiger partial charge on any atom is 0.321 e. The monoisotopic (exact) mass is 557 g/mol. The van der Waals surface area contributed by atoms with Gasteiger partial charge in [0.05, 0.1) is 10.0 Å². The molecule has 3 heterocycles. The number of hydrogen-bond acceptors (Lipinski definition) is 3. The quantitative estimate of drug-likeness (QED) is 0.354. The second-order valence-corrected chi connectivity index (χ2v) is 11.0. The largest absolute Gasteiger partial charge is 0.480 e. The highest BCUT2D eigenvalue weighted by Gasteiger charge is 2.38. The van der Waals surface area contributed by atoms with E-state index >= 15 is 0 Å². The molecule has 0 aliphatic carbocycles. The Kier molecular flexibility index (Phi) is 8.07. The number of aromatic amines is 1. The van der Waals surface area contributed by atoms with Crippen molar-refractivity contribution >= 4 is 52.1 Å². The molecule has 2 aliphatic rings. The molecule has 6 nitrogen and oxygen atoms in total. The Bertz CT molecular complexity index is 1360. The number of carboxylic acid groups (broad SMARTS) is 1. The summed E-state index contributed by atoms with van der Waals surface area (Å²) in [6.45, 7) is 2.40. The number of fused-ring (bicyclic) bond motifs is 1. The average Bonchev–Trinajstić information content (AvgIpc) is 3.33. The number of carboxylic acids is 1. The van der Waals surface area contributed by atoms with Crippen LogP contribution in [0.2, 0.25) is 10.0 Å². The van der Waals surface area contributed by atoms with E-state index in [4.69, 9.17) is 23.2 Å². The van der Waals surface area contributed by atoms with Gasteiger partial charge in [-0.1, -0.05) is 29.3 Å². The Balaban J connectivity index is 1.17. The van der Waals surface area contributed by atoms with Gasteiger partial charge < -0.3 is 15.0 Å². The van der Waals surface area contributed by atoms with Gasteiger partial charge in [-0.15, -0.1) is 0 Å². The lowest BCUT2D eigenvalue weighted by atomic mass is 9.84.